The molecule has 0 spiro atoms. The zero-order valence-electron chi connectivity index (χ0n) is 12.6. The van der Waals surface area contributed by atoms with Gasteiger partial charge in [0.1, 0.15) is 5.75 Å². The SMILES string of the molecule is CCOc1ccccc1C(C)NC1CCN2CCCC12. The molecule has 1 aromatic carbocycles. The first kappa shape index (κ1) is 13.9. The smallest absolute Gasteiger partial charge is 0.124 e. The molecular formula is C17H26N2O. The Bertz CT molecular complexity index is 448. The molecule has 2 heterocycles. The average molecular weight is 274 g/mol. The van der Waals surface area contributed by atoms with Crippen LogP contribution in [0.25, 0.3) is 0 Å². The van der Waals surface area contributed by atoms with Gasteiger partial charge in [-0.1, -0.05) is 18.2 Å². The maximum absolute atomic E-state index is 5.76. The zero-order valence-corrected chi connectivity index (χ0v) is 12.6. The molecule has 0 saturated carbocycles. The summed E-state index contributed by atoms with van der Waals surface area (Å²) in [7, 11) is 0. The number of nitrogens with one attached hydrogen (secondary N) is 1. The third-order valence-corrected chi connectivity index (χ3v) is 4.76. The van der Waals surface area contributed by atoms with E-state index in [1.54, 1.807) is 0 Å². The minimum atomic E-state index is 0.350. The van der Waals surface area contributed by atoms with E-state index in [0.717, 1.165) is 18.4 Å². The normalized spacial score (nSPS) is 27.5. The highest BCUT2D eigenvalue weighted by atomic mass is 16.5. The van der Waals surface area contributed by atoms with Crippen LogP contribution in [0, 0.1) is 0 Å². The van der Waals surface area contributed by atoms with Crippen LogP contribution in [0.3, 0.4) is 0 Å². The van der Waals surface area contributed by atoms with E-state index in [-0.39, 0.29) is 0 Å². The van der Waals surface area contributed by atoms with Crippen LogP contribution in [-0.4, -0.2) is 36.7 Å². The summed E-state index contributed by atoms with van der Waals surface area (Å²) in [5.41, 5.74) is 1.28. The highest BCUT2D eigenvalue weighted by Gasteiger charge is 2.37. The number of fused-ring (bicyclic) bond motifs is 1. The van der Waals surface area contributed by atoms with E-state index in [1.165, 1.54) is 37.9 Å². The Kier molecular flexibility index (Phi) is 4.27. The van der Waals surface area contributed by atoms with E-state index < -0.39 is 0 Å². The van der Waals surface area contributed by atoms with Gasteiger partial charge in [-0.25, -0.2) is 0 Å². The molecule has 0 amide bonds. The van der Waals surface area contributed by atoms with Crippen molar-refractivity contribution in [2.45, 2.75) is 51.2 Å². The van der Waals surface area contributed by atoms with Gasteiger partial charge in [0, 0.05) is 30.2 Å². The van der Waals surface area contributed by atoms with Crippen LogP contribution in [0.4, 0.5) is 0 Å². The molecule has 0 aliphatic carbocycles. The summed E-state index contributed by atoms with van der Waals surface area (Å²) >= 11 is 0. The first-order valence-electron chi connectivity index (χ1n) is 8.01. The lowest BCUT2D eigenvalue weighted by atomic mass is 10.0. The Hall–Kier alpha value is -1.06. The second kappa shape index (κ2) is 6.15. The maximum atomic E-state index is 5.76. The van der Waals surface area contributed by atoms with Crippen LogP contribution in [-0.2, 0) is 0 Å². The molecule has 3 atom stereocenters. The summed E-state index contributed by atoms with van der Waals surface area (Å²) in [6.07, 6.45) is 4.01. The maximum Gasteiger partial charge on any atom is 0.124 e. The lowest BCUT2D eigenvalue weighted by Gasteiger charge is -2.26. The van der Waals surface area contributed by atoms with Crippen molar-refractivity contribution in [1.29, 1.82) is 0 Å². The van der Waals surface area contributed by atoms with Gasteiger partial charge in [0.2, 0.25) is 0 Å². The summed E-state index contributed by atoms with van der Waals surface area (Å²) in [5.74, 6) is 1.02. The van der Waals surface area contributed by atoms with Crippen LogP contribution in [0.2, 0.25) is 0 Å². The molecule has 110 valence electrons. The largest absolute Gasteiger partial charge is 0.494 e. The molecule has 3 nitrogen and oxygen atoms in total. The lowest BCUT2D eigenvalue weighted by molar-refractivity contribution is 0.288. The summed E-state index contributed by atoms with van der Waals surface area (Å²) in [4.78, 5) is 2.65. The van der Waals surface area contributed by atoms with Gasteiger partial charge in [0.25, 0.3) is 0 Å². The van der Waals surface area contributed by atoms with Crippen molar-refractivity contribution in [1.82, 2.24) is 10.2 Å². The fraction of sp³-hybridized carbons (Fsp3) is 0.647. The second-order valence-electron chi connectivity index (χ2n) is 6.00. The van der Waals surface area contributed by atoms with E-state index in [1.807, 2.05) is 6.92 Å². The quantitative estimate of drug-likeness (QED) is 0.893. The standard InChI is InChI=1S/C17H26N2O/c1-3-20-17-9-5-4-7-14(17)13(2)18-15-10-12-19-11-6-8-16(15)19/h4-5,7,9,13,15-16,18H,3,6,8,10-12H2,1-2H3. The molecule has 0 radical (unpaired) electrons. The van der Waals surface area contributed by atoms with Crippen molar-refractivity contribution in [3.63, 3.8) is 0 Å². The van der Waals surface area contributed by atoms with Gasteiger partial charge in [-0.05, 0) is 45.7 Å². The van der Waals surface area contributed by atoms with Crippen LogP contribution in [0.5, 0.6) is 5.75 Å². The fourth-order valence-corrected chi connectivity index (χ4v) is 3.81. The van der Waals surface area contributed by atoms with Crippen LogP contribution in [0.1, 0.15) is 44.7 Å². The average Bonchev–Trinajstić information content (AvgIpc) is 3.05. The minimum Gasteiger partial charge on any atom is -0.494 e. The molecule has 3 heteroatoms. The summed E-state index contributed by atoms with van der Waals surface area (Å²) in [6, 6.07) is 10.2. The first-order valence-corrected chi connectivity index (χ1v) is 8.01. The third kappa shape index (κ3) is 2.70. The van der Waals surface area contributed by atoms with Crippen molar-refractivity contribution in [3.05, 3.63) is 29.8 Å². The molecule has 20 heavy (non-hydrogen) atoms. The predicted octanol–water partition coefficient (Wildman–Crippen LogP) is 2.97. The van der Waals surface area contributed by atoms with Crippen LogP contribution in [0.15, 0.2) is 24.3 Å². The number of ether oxygens (including phenoxy) is 1. The molecule has 3 unspecified atom stereocenters. The highest BCUT2D eigenvalue weighted by Crippen LogP contribution is 2.31. The van der Waals surface area contributed by atoms with Gasteiger partial charge in [0.05, 0.1) is 6.61 Å². The number of benzene rings is 1. The molecule has 2 aliphatic rings. The van der Waals surface area contributed by atoms with E-state index >= 15 is 0 Å². The molecule has 0 aromatic heterocycles. The Morgan fingerprint density at radius 2 is 2.15 bits per heavy atom. The van der Waals surface area contributed by atoms with Gasteiger partial charge in [0.15, 0.2) is 0 Å². The van der Waals surface area contributed by atoms with Crippen molar-refractivity contribution in [2.24, 2.45) is 0 Å². The third-order valence-electron chi connectivity index (χ3n) is 4.76. The van der Waals surface area contributed by atoms with E-state index in [2.05, 4.69) is 41.4 Å². The number of hydrogen-bond acceptors (Lipinski definition) is 3. The summed E-state index contributed by atoms with van der Waals surface area (Å²) in [5, 5.41) is 3.84. The molecule has 0 bridgehead atoms. The zero-order chi connectivity index (χ0) is 13.9. The van der Waals surface area contributed by atoms with Crippen molar-refractivity contribution in [2.75, 3.05) is 19.7 Å². The Labute approximate surface area is 122 Å². The van der Waals surface area contributed by atoms with Crippen molar-refractivity contribution in [3.8, 4) is 5.75 Å². The van der Waals surface area contributed by atoms with E-state index in [9.17, 15) is 0 Å². The molecule has 2 aliphatic heterocycles. The lowest BCUT2D eigenvalue weighted by Crippen LogP contribution is -2.40. The molecule has 2 saturated heterocycles. The van der Waals surface area contributed by atoms with E-state index in [0.29, 0.717) is 12.1 Å². The second-order valence-corrected chi connectivity index (χ2v) is 6.00. The molecule has 1 aromatic rings. The van der Waals surface area contributed by atoms with Gasteiger partial charge in [-0.2, -0.15) is 0 Å². The Balaban J connectivity index is 1.68. The van der Waals surface area contributed by atoms with Gasteiger partial charge >= 0.3 is 0 Å². The summed E-state index contributed by atoms with van der Waals surface area (Å²) < 4.78 is 5.76. The molecule has 3 rings (SSSR count). The minimum absolute atomic E-state index is 0.350. The monoisotopic (exact) mass is 274 g/mol. The number of para-hydroxylation sites is 1. The summed E-state index contributed by atoms with van der Waals surface area (Å²) in [6.45, 7) is 7.59. The number of nitrogens with zero attached hydrogens (tertiary/aromatic N) is 1. The molecule has 2 fully saturated rings. The van der Waals surface area contributed by atoms with Crippen molar-refractivity contribution >= 4 is 0 Å². The first-order chi connectivity index (χ1) is 9.79. The predicted molar refractivity (Wildman–Crippen MR) is 82.2 cm³/mol. The molecule has 1 N–H and O–H groups in total. The van der Waals surface area contributed by atoms with Crippen LogP contribution >= 0.6 is 0 Å². The van der Waals surface area contributed by atoms with Crippen LogP contribution < -0.4 is 10.1 Å². The van der Waals surface area contributed by atoms with Gasteiger partial charge < -0.3 is 10.1 Å². The topological polar surface area (TPSA) is 24.5 Å². The van der Waals surface area contributed by atoms with Crippen molar-refractivity contribution < 1.29 is 4.74 Å². The van der Waals surface area contributed by atoms with E-state index in [4.69, 9.17) is 4.74 Å². The highest BCUT2D eigenvalue weighted by molar-refractivity contribution is 5.35. The number of hydrogen-bond donors (Lipinski definition) is 1. The van der Waals surface area contributed by atoms with Gasteiger partial charge in [-0.15, -0.1) is 0 Å². The van der Waals surface area contributed by atoms with Gasteiger partial charge in [-0.3, -0.25) is 4.90 Å². The number of rotatable bonds is 5. The Morgan fingerprint density at radius 3 is 3.00 bits per heavy atom. The fourth-order valence-electron chi connectivity index (χ4n) is 3.81. The Morgan fingerprint density at radius 1 is 1.30 bits per heavy atom. The molecular weight excluding hydrogens is 248 g/mol.